The van der Waals surface area contributed by atoms with Gasteiger partial charge in [0, 0.05) is 19.3 Å². The fourth-order valence-electron chi connectivity index (χ4n) is 2.29. The van der Waals surface area contributed by atoms with Crippen LogP contribution in [0, 0.1) is 5.92 Å². The number of carbonyl (C=O) groups excluding carboxylic acids is 1. The first kappa shape index (κ1) is 12.7. The van der Waals surface area contributed by atoms with Gasteiger partial charge in [0.15, 0.2) is 5.82 Å². The molecular weight excluding hydrogens is 228 g/mol. The van der Waals surface area contributed by atoms with Crippen LogP contribution in [0.25, 0.3) is 0 Å². The number of nitrogens with one attached hydrogen (secondary N) is 1. The molecule has 0 saturated carbocycles. The number of aromatic nitrogens is 2. The first-order valence-corrected chi connectivity index (χ1v) is 6.10. The standard InChI is InChI=1S/C13H18N4O/c1-10-6-11(2)8-17(7-10)9-13(18)15-12-4-3-5-14-16-12/h3-6,10H,7-9H2,1-2H3,(H,15,16,18). The maximum absolute atomic E-state index is 11.9. The predicted octanol–water partition coefficient (Wildman–Crippen LogP) is 1.31. The lowest BCUT2D eigenvalue weighted by Gasteiger charge is -2.28. The third-order valence-electron chi connectivity index (χ3n) is 2.80. The van der Waals surface area contributed by atoms with Crippen molar-refractivity contribution in [1.29, 1.82) is 0 Å². The molecule has 96 valence electrons. The number of carbonyl (C=O) groups is 1. The lowest BCUT2D eigenvalue weighted by Crippen LogP contribution is -2.39. The molecule has 1 unspecified atom stereocenters. The minimum atomic E-state index is -0.0441. The van der Waals surface area contributed by atoms with E-state index in [1.54, 1.807) is 18.3 Å². The van der Waals surface area contributed by atoms with Gasteiger partial charge < -0.3 is 5.32 Å². The topological polar surface area (TPSA) is 58.1 Å². The van der Waals surface area contributed by atoms with Gasteiger partial charge in [0.2, 0.25) is 5.91 Å². The summed E-state index contributed by atoms with van der Waals surface area (Å²) >= 11 is 0. The molecule has 1 aliphatic rings. The Balaban J connectivity index is 1.87. The monoisotopic (exact) mass is 246 g/mol. The van der Waals surface area contributed by atoms with Crippen LogP contribution in [0.4, 0.5) is 5.82 Å². The molecule has 18 heavy (non-hydrogen) atoms. The molecule has 2 rings (SSSR count). The van der Waals surface area contributed by atoms with E-state index in [1.807, 2.05) is 0 Å². The molecule has 1 aliphatic heterocycles. The highest BCUT2D eigenvalue weighted by Crippen LogP contribution is 2.13. The van der Waals surface area contributed by atoms with Crippen molar-refractivity contribution in [2.75, 3.05) is 25.0 Å². The smallest absolute Gasteiger partial charge is 0.239 e. The van der Waals surface area contributed by atoms with Crippen molar-refractivity contribution in [3.8, 4) is 0 Å². The maximum Gasteiger partial charge on any atom is 0.239 e. The summed E-state index contributed by atoms with van der Waals surface area (Å²) < 4.78 is 0. The molecule has 0 radical (unpaired) electrons. The molecule has 0 fully saturated rings. The van der Waals surface area contributed by atoms with E-state index in [1.165, 1.54) is 5.57 Å². The molecule has 1 aromatic rings. The SMILES string of the molecule is CC1=CC(C)CN(CC(=O)Nc2cccnn2)C1. The molecule has 1 N–H and O–H groups in total. The van der Waals surface area contributed by atoms with Crippen molar-refractivity contribution in [3.05, 3.63) is 30.0 Å². The summed E-state index contributed by atoms with van der Waals surface area (Å²) in [4.78, 5) is 14.0. The van der Waals surface area contributed by atoms with Crippen molar-refractivity contribution in [1.82, 2.24) is 15.1 Å². The van der Waals surface area contributed by atoms with Crippen LogP contribution in [0.15, 0.2) is 30.0 Å². The summed E-state index contributed by atoms with van der Waals surface area (Å²) in [6, 6.07) is 3.48. The van der Waals surface area contributed by atoms with Crippen molar-refractivity contribution >= 4 is 11.7 Å². The zero-order valence-corrected chi connectivity index (χ0v) is 10.8. The van der Waals surface area contributed by atoms with Crippen LogP contribution in [-0.4, -0.2) is 40.6 Å². The van der Waals surface area contributed by atoms with Gasteiger partial charge in [-0.2, -0.15) is 5.10 Å². The highest BCUT2D eigenvalue weighted by atomic mass is 16.2. The Bertz CT molecular complexity index is 444. The van der Waals surface area contributed by atoms with Crippen molar-refractivity contribution < 1.29 is 4.79 Å². The summed E-state index contributed by atoms with van der Waals surface area (Å²) in [5.41, 5.74) is 1.32. The summed E-state index contributed by atoms with van der Waals surface area (Å²) in [5.74, 6) is 0.959. The quantitative estimate of drug-likeness (QED) is 0.817. The van der Waals surface area contributed by atoms with E-state index < -0.39 is 0 Å². The van der Waals surface area contributed by atoms with Gasteiger partial charge in [-0.25, -0.2) is 0 Å². The van der Waals surface area contributed by atoms with Gasteiger partial charge in [-0.05, 0) is 25.0 Å². The number of nitrogens with zero attached hydrogens (tertiary/aromatic N) is 3. The Hall–Kier alpha value is -1.75. The molecule has 5 nitrogen and oxygen atoms in total. The summed E-state index contributed by atoms with van der Waals surface area (Å²) in [6.45, 7) is 6.44. The Kier molecular flexibility index (Phi) is 4.04. The number of hydrogen-bond acceptors (Lipinski definition) is 4. The molecular formula is C13H18N4O. The van der Waals surface area contributed by atoms with Gasteiger partial charge in [-0.3, -0.25) is 9.69 Å². The van der Waals surface area contributed by atoms with Crippen LogP contribution in [0.2, 0.25) is 0 Å². The molecule has 1 aromatic heterocycles. The fourth-order valence-corrected chi connectivity index (χ4v) is 2.29. The van der Waals surface area contributed by atoms with Crippen LogP contribution in [0.1, 0.15) is 13.8 Å². The van der Waals surface area contributed by atoms with E-state index in [9.17, 15) is 4.79 Å². The normalized spacial score (nSPS) is 20.3. The largest absolute Gasteiger partial charge is 0.308 e. The van der Waals surface area contributed by atoms with Crippen molar-refractivity contribution in [2.45, 2.75) is 13.8 Å². The van der Waals surface area contributed by atoms with Crippen LogP contribution >= 0.6 is 0 Å². The van der Waals surface area contributed by atoms with E-state index in [4.69, 9.17) is 0 Å². The highest BCUT2D eigenvalue weighted by Gasteiger charge is 2.17. The molecule has 1 atom stereocenters. The third kappa shape index (κ3) is 3.63. The van der Waals surface area contributed by atoms with E-state index >= 15 is 0 Å². The van der Waals surface area contributed by atoms with E-state index in [0.29, 0.717) is 18.3 Å². The van der Waals surface area contributed by atoms with Crippen LogP contribution in [0.3, 0.4) is 0 Å². The molecule has 2 heterocycles. The first-order valence-electron chi connectivity index (χ1n) is 6.10. The minimum Gasteiger partial charge on any atom is -0.308 e. The molecule has 1 amide bonds. The second kappa shape index (κ2) is 5.73. The minimum absolute atomic E-state index is 0.0441. The van der Waals surface area contributed by atoms with Gasteiger partial charge in [0.1, 0.15) is 0 Å². The molecule has 5 heteroatoms. The highest BCUT2D eigenvalue weighted by molar-refractivity contribution is 5.91. The van der Waals surface area contributed by atoms with Gasteiger partial charge in [0.05, 0.1) is 6.54 Å². The lowest BCUT2D eigenvalue weighted by molar-refractivity contribution is -0.117. The summed E-state index contributed by atoms with van der Waals surface area (Å²) in [5, 5.41) is 10.3. The summed E-state index contributed by atoms with van der Waals surface area (Å²) in [6.07, 6.45) is 3.84. The van der Waals surface area contributed by atoms with Crippen LogP contribution < -0.4 is 5.32 Å². The molecule has 0 bridgehead atoms. The molecule has 0 aliphatic carbocycles. The van der Waals surface area contributed by atoms with Gasteiger partial charge in [0.25, 0.3) is 0 Å². The zero-order valence-electron chi connectivity index (χ0n) is 10.8. The number of rotatable bonds is 3. The average Bonchev–Trinajstić information content (AvgIpc) is 2.28. The van der Waals surface area contributed by atoms with Crippen molar-refractivity contribution in [3.63, 3.8) is 0 Å². The number of anilines is 1. The van der Waals surface area contributed by atoms with E-state index in [2.05, 4.69) is 40.3 Å². The molecule has 0 saturated heterocycles. The van der Waals surface area contributed by atoms with Crippen LogP contribution in [0.5, 0.6) is 0 Å². The van der Waals surface area contributed by atoms with E-state index in [-0.39, 0.29) is 5.91 Å². The predicted molar refractivity (Wildman–Crippen MR) is 70.0 cm³/mol. The lowest BCUT2D eigenvalue weighted by atomic mass is 10.0. The second-order valence-corrected chi connectivity index (χ2v) is 4.82. The Morgan fingerprint density at radius 1 is 1.61 bits per heavy atom. The Labute approximate surface area is 107 Å². The average molecular weight is 246 g/mol. The van der Waals surface area contributed by atoms with Crippen molar-refractivity contribution in [2.24, 2.45) is 5.92 Å². The van der Waals surface area contributed by atoms with E-state index in [0.717, 1.165) is 13.1 Å². The second-order valence-electron chi connectivity index (χ2n) is 4.82. The summed E-state index contributed by atoms with van der Waals surface area (Å²) in [7, 11) is 0. The number of amides is 1. The number of hydrogen-bond donors (Lipinski definition) is 1. The first-order chi connectivity index (χ1) is 8.63. The van der Waals surface area contributed by atoms with Gasteiger partial charge in [-0.15, -0.1) is 5.10 Å². The van der Waals surface area contributed by atoms with Gasteiger partial charge in [-0.1, -0.05) is 18.6 Å². The Morgan fingerprint density at radius 3 is 3.11 bits per heavy atom. The third-order valence-corrected chi connectivity index (χ3v) is 2.80. The van der Waals surface area contributed by atoms with Crippen LogP contribution in [-0.2, 0) is 4.79 Å². The molecule has 0 spiro atoms. The Morgan fingerprint density at radius 2 is 2.44 bits per heavy atom. The zero-order chi connectivity index (χ0) is 13.0. The maximum atomic E-state index is 11.9. The van der Waals surface area contributed by atoms with Gasteiger partial charge >= 0.3 is 0 Å². The fraction of sp³-hybridized carbons (Fsp3) is 0.462. The molecule has 0 aromatic carbocycles.